The molecule has 3 aromatic rings. The van der Waals surface area contributed by atoms with E-state index in [0.29, 0.717) is 33.9 Å². The van der Waals surface area contributed by atoms with Crippen molar-refractivity contribution in [2.24, 2.45) is 0 Å². The molecule has 48 heavy (non-hydrogen) atoms. The van der Waals surface area contributed by atoms with Gasteiger partial charge in [0.15, 0.2) is 16.9 Å². The number of hydrogen-bond donors (Lipinski definition) is 2. The zero-order valence-corrected chi connectivity index (χ0v) is 27.4. The highest BCUT2D eigenvalue weighted by molar-refractivity contribution is 8.30. The maximum absolute atomic E-state index is 14.0. The molecule has 0 atom stereocenters. The number of aromatic nitrogens is 1. The Morgan fingerprint density at radius 2 is 1.71 bits per heavy atom. The molecule has 14 nitrogen and oxygen atoms in total. The summed E-state index contributed by atoms with van der Waals surface area (Å²) in [4.78, 5) is 66.0. The van der Waals surface area contributed by atoms with Gasteiger partial charge in [0.25, 0.3) is 11.5 Å². The van der Waals surface area contributed by atoms with Crippen LogP contribution in [-0.4, -0.2) is 74.8 Å². The molecule has 1 fully saturated rings. The molecule has 2 aromatic carbocycles. The molecule has 0 unspecified atom stereocenters. The minimum Gasteiger partial charge on any atom is -0.480 e. The smallest absolute Gasteiger partial charge is 0.323 e. The Bertz CT molecular complexity index is 2090. The molecule has 2 N–H and O–H groups in total. The summed E-state index contributed by atoms with van der Waals surface area (Å²) in [5.74, 6) is -2.85. The summed E-state index contributed by atoms with van der Waals surface area (Å²) in [6.45, 7) is -1.28. The van der Waals surface area contributed by atoms with Crippen LogP contribution in [0.4, 0.5) is 5.69 Å². The van der Waals surface area contributed by atoms with E-state index in [0.717, 1.165) is 25.6 Å². The standard InChI is InChI=1S/C31H25N3O11S3/c1-42-25(39)7-8-32-18-11-19-20(44-15-43-19)12-21(18)47-22(32)10-17(9-16-5-3-2-4-6-16)26-28(40)33(13-23(35)36)30(45-26)27-29(41)34(14-24(37)38)31(46)48-27/h2-6,10-12H,7-9,13-15H2,1H3,(H,35,36)(H,37,38)/b22-10-,26-17+,30-27-. The van der Waals surface area contributed by atoms with Crippen molar-refractivity contribution in [3.05, 3.63) is 80.4 Å². The first kappa shape index (κ1) is 32.9. The van der Waals surface area contributed by atoms with Crippen LogP contribution in [0.1, 0.15) is 12.0 Å². The minimum atomic E-state index is -1.37. The molecule has 0 saturated carbocycles. The Hall–Kier alpha value is -5.00. The van der Waals surface area contributed by atoms with Gasteiger partial charge in [-0.1, -0.05) is 54.3 Å². The first-order valence-electron chi connectivity index (χ1n) is 14.2. The summed E-state index contributed by atoms with van der Waals surface area (Å²) in [7, 11) is 1.30. The summed E-state index contributed by atoms with van der Waals surface area (Å²) >= 11 is 7.28. The van der Waals surface area contributed by atoms with Crippen molar-refractivity contribution in [1.82, 2.24) is 9.47 Å². The van der Waals surface area contributed by atoms with Crippen molar-refractivity contribution in [3.8, 4) is 11.5 Å². The number of carbonyl (C=O) groups excluding carboxylic acids is 2. The molecule has 3 aliphatic heterocycles. The zero-order valence-electron chi connectivity index (χ0n) is 25.0. The van der Waals surface area contributed by atoms with Gasteiger partial charge in [-0.25, -0.2) is 0 Å². The van der Waals surface area contributed by atoms with Crippen molar-refractivity contribution in [1.29, 1.82) is 0 Å². The lowest BCUT2D eigenvalue weighted by Gasteiger charge is -2.20. The molecular formula is C31H25N3O11S3. The fraction of sp³-hybridized carbons (Fsp3) is 0.226. The number of methoxy groups -OCH3 is 1. The molecule has 6 rings (SSSR count). The van der Waals surface area contributed by atoms with Crippen LogP contribution in [-0.2, 0) is 36.9 Å². The lowest BCUT2D eigenvalue weighted by molar-refractivity contribution is -0.140. The quantitative estimate of drug-likeness (QED) is 0.229. The van der Waals surface area contributed by atoms with E-state index in [-0.39, 0.29) is 46.4 Å². The fourth-order valence-electron chi connectivity index (χ4n) is 5.16. The number of fused-ring (bicyclic) bond motifs is 2. The van der Waals surface area contributed by atoms with E-state index >= 15 is 0 Å². The van der Waals surface area contributed by atoms with Crippen molar-refractivity contribution in [2.45, 2.75) is 24.3 Å². The van der Waals surface area contributed by atoms with Crippen LogP contribution in [0.25, 0.3) is 10.5 Å². The first-order chi connectivity index (χ1) is 23.0. The third-order valence-electron chi connectivity index (χ3n) is 7.33. The van der Waals surface area contributed by atoms with Gasteiger partial charge in [0.2, 0.25) is 12.3 Å². The maximum Gasteiger partial charge on any atom is 0.323 e. The summed E-state index contributed by atoms with van der Waals surface area (Å²) in [6.07, 6.45) is 1.91. The SMILES string of the molecule is COC(=O)CCN1/C(=C/C(Cc2ccccc2)=c2/o/c(=C3\SC(=S)N(CC(=O)O)C3=O)n(CC(=O)O)c2=O)Sc2cc3c(cc21)OCO3. The topological polar surface area (TPSA) is 178 Å². The maximum atomic E-state index is 14.0. The molecular weight excluding hydrogens is 687 g/mol. The molecule has 0 spiro atoms. The highest BCUT2D eigenvalue weighted by Gasteiger charge is 2.37. The van der Waals surface area contributed by atoms with E-state index in [2.05, 4.69) is 0 Å². The van der Waals surface area contributed by atoms with E-state index in [1.807, 2.05) is 41.3 Å². The Balaban J connectivity index is 1.57. The number of nitrogens with zero attached hydrogens (tertiary/aromatic N) is 3. The number of allylic oxidation sites excluding steroid dienone is 1. The van der Waals surface area contributed by atoms with Crippen LogP contribution in [0.5, 0.6) is 11.5 Å². The van der Waals surface area contributed by atoms with Gasteiger partial charge in [0.05, 0.1) is 24.2 Å². The van der Waals surface area contributed by atoms with Crippen LogP contribution in [0, 0.1) is 0 Å². The number of carboxylic acid groups (broad SMARTS) is 2. The van der Waals surface area contributed by atoms with Crippen LogP contribution in [0.15, 0.2) is 67.7 Å². The number of benzene rings is 2. The van der Waals surface area contributed by atoms with Crippen molar-refractivity contribution >= 4 is 80.0 Å². The third kappa shape index (κ3) is 6.56. The summed E-state index contributed by atoms with van der Waals surface area (Å²) in [5, 5.41) is 19.6. The van der Waals surface area contributed by atoms with E-state index in [9.17, 15) is 34.2 Å². The number of carboxylic acids is 2. The van der Waals surface area contributed by atoms with Crippen LogP contribution >= 0.6 is 35.7 Å². The van der Waals surface area contributed by atoms with E-state index in [1.54, 1.807) is 12.1 Å². The Kier molecular flexibility index (Phi) is 9.34. The van der Waals surface area contributed by atoms with E-state index in [1.165, 1.54) is 18.9 Å². The second-order valence-corrected chi connectivity index (χ2v) is 13.1. The van der Waals surface area contributed by atoms with Crippen molar-refractivity contribution < 1.29 is 48.0 Å². The molecule has 248 valence electrons. The number of oxazole rings is 1. The van der Waals surface area contributed by atoms with Crippen molar-refractivity contribution in [3.63, 3.8) is 0 Å². The van der Waals surface area contributed by atoms with Gasteiger partial charge in [-0.2, -0.15) is 0 Å². The predicted molar refractivity (Wildman–Crippen MR) is 177 cm³/mol. The first-order valence-corrected chi connectivity index (χ1v) is 16.2. The van der Waals surface area contributed by atoms with Gasteiger partial charge in [-0.15, -0.1) is 0 Å². The summed E-state index contributed by atoms with van der Waals surface area (Å²) in [5.41, 5.74) is 0.461. The summed E-state index contributed by atoms with van der Waals surface area (Å²) in [6, 6.07) is 12.8. The van der Waals surface area contributed by atoms with Crippen LogP contribution in [0.2, 0.25) is 0 Å². The number of aliphatic carboxylic acids is 2. The van der Waals surface area contributed by atoms with Gasteiger partial charge in [0, 0.05) is 35.6 Å². The Labute approximate surface area is 284 Å². The number of anilines is 1. The average Bonchev–Trinajstić information content (AvgIpc) is 3.80. The lowest BCUT2D eigenvalue weighted by atomic mass is 10.0. The number of thioether (sulfide) groups is 2. The molecule has 1 aromatic heterocycles. The largest absolute Gasteiger partial charge is 0.480 e. The number of amides is 1. The molecule has 4 heterocycles. The van der Waals surface area contributed by atoms with Gasteiger partial charge >= 0.3 is 17.9 Å². The number of ether oxygens (including phenoxy) is 3. The number of carbonyl (C=O) groups is 4. The lowest BCUT2D eigenvalue weighted by Crippen LogP contribution is -2.37. The van der Waals surface area contributed by atoms with E-state index < -0.39 is 42.5 Å². The molecule has 0 aliphatic carbocycles. The summed E-state index contributed by atoms with van der Waals surface area (Å²) < 4.78 is 22.8. The molecule has 1 amide bonds. The van der Waals surface area contributed by atoms with E-state index in [4.69, 9.17) is 30.8 Å². The fourth-order valence-corrected chi connectivity index (χ4v) is 7.59. The number of rotatable bonds is 10. The minimum absolute atomic E-state index is 0.0387. The highest BCUT2D eigenvalue weighted by atomic mass is 32.2. The average molecular weight is 712 g/mol. The van der Waals surface area contributed by atoms with Gasteiger partial charge in [-0.05, 0) is 23.4 Å². The van der Waals surface area contributed by atoms with Crippen LogP contribution < -0.4 is 30.9 Å². The second-order valence-electron chi connectivity index (χ2n) is 10.4. The molecule has 0 radical (unpaired) electrons. The normalized spacial score (nSPS) is 17.6. The van der Waals surface area contributed by atoms with Crippen LogP contribution in [0.3, 0.4) is 0 Å². The monoisotopic (exact) mass is 711 g/mol. The van der Waals surface area contributed by atoms with Gasteiger partial charge in [0.1, 0.15) is 22.3 Å². The highest BCUT2D eigenvalue weighted by Crippen LogP contribution is 2.51. The molecule has 3 aliphatic rings. The molecule has 0 bridgehead atoms. The predicted octanol–water partition coefficient (Wildman–Crippen LogP) is 1.72. The molecule has 1 saturated heterocycles. The zero-order chi connectivity index (χ0) is 34.1. The molecule has 17 heteroatoms. The van der Waals surface area contributed by atoms with Gasteiger partial charge < -0.3 is 33.7 Å². The van der Waals surface area contributed by atoms with Crippen molar-refractivity contribution in [2.75, 3.05) is 31.9 Å². The number of hydrogen-bond acceptors (Lipinski definition) is 13. The number of thiocarbonyl (C=S) groups is 1. The van der Waals surface area contributed by atoms with Gasteiger partial charge in [-0.3, -0.25) is 33.4 Å². The third-order valence-corrected chi connectivity index (χ3v) is 9.85. The second kappa shape index (κ2) is 13.6. The Morgan fingerprint density at radius 3 is 2.40 bits per heavy atom. The number of esters is 1. The Morgan fingerprint density at radius 1 is 1.00 bits per heavy atom.